The Morgan fingerprint density at radius 3 is 3.03 bits per heavy atom. The van der Waals surface area contributed by atoms with Crippen LogP contribution >= 0.6 is 23.4 Å². The first-order valence-corrected chi connectivity index (χ1v) is 12.5. The molecule has 3 heterocycles. The lowest BCUT2D eigenvalue weighted by molar-refractivity contribution is 0.181. The smallest absolute Gasteiger partial charge is 0.151 e. The van der Waals surface area contributed by atoms with E-state index < -0.39 is 0 Å². The topological polar surface area (TPSA) is 45.5 Å². The maximum absolute atomic E-state index is 6.45. The lowest BCUT2D eigenvalue weighted by Crippen LogP contribution is -2.38. The molecule has 158 valence electrons. The van der Waals surface area contributed by atoms with Crippen LogP contribution in [0.4, 0.5) is 5.82 Å². The van der Waals surface area contributed by atoms with Crippen molar-refractivity contribution >= 4 is 48.1 Å². The van der Waals surface area contributed by atoms with Crippen LogP contribution in [0.2, 0.25) is 5.02 Å². The quantitative estimate of drug-likeness (QED) is 0.430. The Kier molecular flexibility index (Phi) is 7.23. The van der Waals surface area contributed by atoms with Gasteiger partial charge in [-0.05, 0) is 61.8 Å². The number of hydrogen-bond donors (Lipinski definition) is 1. The first-order valence-electron chi connectivity index (χ1n) is 10.7. The molecule has 1 aliphatic rings. The molecule has 5 nitrogen and oxygen atoms in total. The molecule has 1 saturated heterocycles. The van der Waals surface area contributed by atoms with Gasteiger partial charge in [0.25, 0.3) is 0 Å². The number of benzene rings is 1. The van der Waals surface area contributed by atoms with Gasteiger partial charge in [0, 0.05) is 35.9 Å². The lowest BCUT2D eigenvalue weighted by Gasteiger charge is -2.33. The van der Waals surface area contributed by atoms with Crippen LogP contribution in [0.1, 0.15) is 19.3 Å². The normalized spacial score (nSPS) is 17.5. The van der Waals surface area contributed by atoms with Crippen LogP contribution in [0.3, 0.4) is 0 Å². The van der Waals surface area contributed by atoms with Gasteiger partial charge in [0.2, 0.25) is 0 Å². The van der Waals surface area contributed by atoms with Crippen molar-refractivity contribution in [1.29, 1.82) is 0 Å². The Hall–Kier alpha value is -1.70. The van der Waals surface area contributed by atoms with E-state index >= 15 is 0 Å². The Balaban J connectivity index is 1.52. The van der Waals surface area contributed by atoms with E-state index in [1.165, 1.54) is 44.6 Å². The van der Waals surface area contributed by atoms with Gasteiger partial charge >= 0.3 is 0 Å². The Labute approximate surface area is 189 Å². The summed E-state index contributed by atoms with van der Waals surface area (Å²) in [5.41, 5.74) is 3.76. The molecule has 0 amide bonds. The molecule has 0 saturated carbocycles. The van der Waals surface area contributed by atoms with Gasteiger partial charge in [-0.3, -0.25) is 0 Å². The van der Waals surface area contributed by atoms with Crippen molar-refractivity contribution in [3.63, 3.8) is 0 Å². The van der Waals surface area contributed by atoms with Crippen molar-refractivity contribution in [2.24, 2.45) is 5.92 Å². The van der Waals surface area contributed by atoms with Crippen molar-refractivity contribution in [1.82, 2.24) is 19.5 Å². The van der Waals surface area contributed by atoms with E-state index in [2.05, 4.69) is 27.6 Å². The molecule has 0 radical (unpaired) electrons. The summed E-state index contributed by atoms with van der Waals surface area (Å²) in [5, 5.41) is 8.94. The molecule has 1 fully saturated rings. The summed E-state index contributed by atoms with van der Waals surface area (Å²) in [5.74, 6) is 2.87. The minimum Gasteiger partial charge on any atom is -0.370 e. The third-order valence-electron chi connectivity index (χ3n) is 5.80. The van der Waals surface area contributed by atoms with Gasteiger partial charge in [-0.15, -0.1) is 0 Å². The highest BCUT2D eigenvalue weighted by Gasteiger charge is 2.20. The second kappa shape index (κ2) is 10.1. The number of nitrogens with zero attached hydrogens (tertiary/aromatic N) is 4. The van der Waals surface area contributed by atoms with Crippen LogP contribution in [-0.2, 0) is 0 Å². The zero-order valence-electron chi connectivity index (χ0n) is 17.8. The molecule has 1 aliphatic heterocycles. The highest BCUT2D eigenvalue weighted by Crippen LogP contribution is 2.28. The zero-order valence-corrected chi connectivity index (χ0v) is 19.3. The average molecular weight is 442 g/mol. The Morgan fingerprint density at radius 2 is 2.20 bits per heavy atom. The first kappa shape index (κ1) is 21.5. The van der Waals surface area contributed by atoms with E-state index in [0.29, 0.717) is 10.9 Å². The third kappa shape index (κ3) is 4.95. The summed E-state index contributed by atoms with van der Waals surface area (Å²) >= 11 is 8.39. The Morgan fingerprint density at radius 1 is 1.33 bits per heavy atom. The number of hydrogen-bond acceptors (Lipinski definition) is 5. The van der Waals surface area contributed by atoms with Gasteiger partial charge in [-0.1, -0.05) is 29.8 Å². The summed E-state index contributed by atoms with van der Waals surface area (Å²) in [4.78, 5) is 7.47. The van der Waals surface area contributed by atoms with Crippen molar-refractivity contribution in [2.45, 2.75) is 19.3 Å². The third-order valence-corrected chi connectivity index (χ3v) is 6.82. The minimum absolute atomic E-state index is 0.650. The monoisotopic (exact) mass is 441 g/mol. The molecule has 1 atom stereocenters. The molecular weight excluding hydrogens is 413 g/mol. The fraction of sp³-hybridized carbons (Fsp3) is 0.455. The largest absolute Gasteiger partial charge is 0.370 e. The SMILES string of the molecule is Bc1cnn2c(NCC3CCCN(CCCSC)C3)cc(-c3ccccc3Cl)nc12. The van der Waals surface area contributed by atoms with Crippen molar-refractivity contribution in [2.75, 3.05) is 43.5 Å². The molecule has 1 unspecified atom stereocenters. The highest BCUT2D eigenvalue weighted by molar-refractivity contribution is 7.98. The second-order valence-corrected chi connectivity index (χ2v) is 9.50. The summed E-state index contributed by atoms with van der Waals surface area (Å²) in [6, 6.07) is 9.94. The molecule has 3 aromatic rings. The van der Waals surface area contributed by atoms with E-state index in [1.807, 2.05) is 54.6 Å². The van der Waals surface area contributed by atoms with Crippen LogP contribution in [0.5, 0.6) is 0 Å². The number of piperidine rings is 1. The van der Waals surface area contributed by atoms with E-state index in [9.17, 15) is 0 Å². The molecule has 30 heavy (non-hydrogen) atoms. The first-order chi connectivity index (χ1) is 14.7. The summed E-state index contributed by atoms with van der Waals surface area (Å²) in [7, 11) is 2.04. The number of likely N-dealkylation sites (tertiary alicyclic amines) is 1. The fourth-order valence-corrected chi connectivity index (χ4v) is 4.86. The molecule has 1 N–H and O–H groups in total. The number of nitrogens with one attached hydrogen (secondary N) is 1. The van der Waals surface area contributed by atoms with Crippen molar-refractivity contribution < 1.29 is 0 Å². The van der Waals surface area contributed by atoms with Gasteiger partial charge in [0.15, 0.2) is 5.65 Å². The number of aromatic nitrogens is 3. The van der Waals surface area contributed by atoms with E-state index in [4.69, 9.17) is 16.6 Å². The van der Waals surface area contributed by atoms with Crippen LogP contribution in [0.15, 0.2) is 36.5 Å². The number of rotatable bonds is 8. The minimum atomic E-state index is 0.650. The number of anilines is 1. The molecule has 4 rings (SSSR count). The zero-order chi connectivity index (χ0) is 20.9. The summed E-state index contributed by atoms with van der Waals surface area (Å²) in [6.07, 6.45) is 7.89. The summed E-state index contributed by atoms with van der Waals surface area (Å²) < 4.78 is 1.91. The number of halogens is 1. The van der Waals surface area contributed by atoms with E-state index in [0.717, 1.165) is 34.7 Å². The molecule has 0 bridgehead atoms. The average Bonchev–Trinajstić information content (AvgIpc) is 3.14. The number of thioether (sulfide) groups is 1. The van der Waals surface area contributed by atoms with Gasteiger partial charge < -0.3 is 10.2 Å². The maximum Gasteiger partial charge on any atom is 0.151 e. The van der Waals surface area contributed by atoms with Crippen LogP contribution in [0, 0.1) is 5.92 Å². The fourth-order valence-electron chi connectivity index (χ4n) is 4.21. The Bertz CT molecular complexity index is 995. The predicted molar refractivity (Wildman–Crippen MR) is 132 cm³/mol. The van der Waals surface area contributed by atoms with Gasteiger partial charge in [-0.25, -0.2) is 4.98 Å². The van der Waals surface area contributed by atoms with Crippen molar-refractivity contribution in [3.05, 3.63) is 41.6 Å². The van der Waals surface area contributed by atoms with Gasteiger partial charge in [-0.2, -0.15) is 21.4 Å². The molecule has 0 aliphatic carbocycles. The second-order valence-electron chi connectivity index (χ2n) is 8.11. The van der Waals surface area contributed by atoms with Crippen LogP contribution < -0.4 is 10.8 Å². The molecule has 1 aromatic carbocycles. The molecule has 8 heteroatoms. The van der Waals surface area contributed by atoms with E-state index in [1.54, 1.807) is 0 Å². The predicted octanol–water partition coefficient (Wildman–Crippen LogP) is 3.19. The van der Waals surface area contributed by atoms with Gasteiger partial charge in [0.1, 0.15) is 13.7 Å². The standard InChI is InChI=1S/C22H29BClN5S/c1-30-11-5-10-28-9-4-6-16(15-28)13-25-21-12-20(17-7-2-3-8-19(17)24)27-22-18(23)14-26-29(21)22/h2-3,7-8,12,14,16,25H,4-6,9-11,13,15,23H2,1H3. The highest BCUT2D eigenvalue weighted by atomic mass is 35.5. The molecular formula is C22H29BClN5S. The van der Waals surface area contributed by atoms with E-state index in [-0.39, 0.29) is 0 Å². The van der Waals surface area contributed by atoms with Crippen molar-refractivity contribution in [3.8, 4) is 11.3 Å². The lowest BCUT2D eigenvalue weighted by atomic mass is 9.98. The summed E-state index contributed by atoms with van der Waals surface area (Å²) in [6.45, 7) is 4.56. The molecule has 2 aromatic heterocycles. The van der Waals surface area contributed by atoms with Crippen LogP contribution in [0.25, 0.3) is 16.9 Å². The van der Waals surface area contributed by atoms with Crippen LogP contribution in [-0.4, -0.2) is 65.5 Å². The number of fused-ring (bicyclic) bond motifs is 1. The molecule has 0 spiro atoms. The maximum atomic E-state index is 6.45. The van der Waals surface area contributed by atoms with Gasteiger partial charge in [0.05, 0.1) is 5.69 Å².